The summed E-state index contributed by atoms with van der Waals surface area (Å²) in [7, 11) is 4.87. The Morgan fingerprint density at radius 1 is 1.20 bits per heavy atom. The van der Waals surface area contributed by atoms with E-state index in [4.69, 9.17) is 15.2 Å². The average Bonchev–Trinajstić information content (AvgIpc) is 3.30. The zero-order valence-corrected chi connectivity index (χ0v) is 22.8. The second-order valence-corrected chi connectivity index (χ2v) is 10.0. The molecule has 7 unspecified atom stereocenters. The van der Waals surface area contributed by atoms with Crippen LogP contribution in [0.5, 0.6) is 0 Å². The van der Waals surface area contributed by atoms with Crippen LogP contribution in [0, 0.1) is 17.8 Å². The van der Waals surface area contributed by atoms with Crippen LogP contribution in [0.1, 0.15) is 60.3 Å². The van der Waals surface area contributed by atoms with Crippen molar-refractivity contribution in [1.82, 2.24) is 15.2 Å². The number of nitrogens with two attached hydrogens (primary N) is 1. The number of carbonyl (C=O) groups is 3. The second-order valence-electron chi connectivity index (χ2n) is 10.0. The van der Waals surface area contributed by atoms with Crippen LogP contribution in [-0.2, 0) is 23.9 Å². The minimum Gasteiger partial charge on any atom is -0.379 e. The summed E-state index contributed by atoms with van der Waals surface area (Å²) in [6.07, 6.45) is 1.50. The van der Waals surface area contributed by atoms with E-state index in [1.807, 2.05) is 13.8 Å². The molecular weight excluding hydrogens is 450 g/mol. The number of amides is 3. The van der Waals surface area contributed by atoms with Gasteiger partial charge in [0.2, 0.25) is 17.7 Å². The van der Waals surface area contributed by atoms with Crippen molar-refractivity contribution in [2.45, 2.75) is 90.6 Å². The van der Waals surface area contributed by atoms with Crippen LogP contribution in [0.25, 0.3) is 0 Å². The topological polar surface area (TPSA) is 127 Å². The number of hydrazone groups is 1. The number of likely N-dealkylation sites (tertiary alicyclic amines) is 1. The molecule has 0 aromatic carbocycles. The van der Waals surface area contributed by atoms with Gasteiger partial charge in [-0.3, -0.25) is 19.8 Å². The molecule has 1 saturated heterocycles. The van der Waals surface area contributed by atoms with Crippen molar-refractivity contribution in [2.75, 3.05) is 27.8 Å². The lowest BCUT2D eigenvalue weighted by Crippen LogP contribution is -2.56. The fraction of sp³-hybridized carbons (Fsp3) is 0.840. The number of ether oxygens (including phenoxy) is 2. The van der Waals surface area contributed by atoms with Crippen molar-refractivity contribution in [2.24, 2.45) is 28.6 Å². The molecule has 0 saturated carbocycles. The largest absolute Gasteiger partial charge is 0.379 e. The van der Waals surface area contributed by atoms with Crippen LogP contribution < -0.4 is 11.2 Å². The van der Waals surface area contributed by atoms with E-state index in [0.29, 0.717) is 6.54 Å². The molecule has 202 valence electrons. The number of nitrogens with one attached hydrogen (secondary N) is 1. The molecule has 10 nitrogen and oxygen atoms in total. The van der Waals surface area contributed by atoms with Gasteiger partial charge in [0.05, 0.1) is 36.6 Å². The molecule has 0 aromatic heterocycles. The van der Waals surface area contributed by atoms with E-state index in [1.54, 1.807) is 38.0 Å². The summed E-state index contributed by atoms with van der Waals surface area (Å²) < 4.78 is 11.5. The number of hydrogen-bond donors (Lipinski definition) is 2. The normalized spacial score (nSPS) is 21.1. The Hall–Kier alpha value is -2.20. The Labute approximate surface area is 210 Å². The number of methoxy groups -OCH3 is 2. The van der Waals surface area contributed by atoms with E-state index in [0.717, 1.165) is 19.3 Å². The van der Waals surface area contributed by atoms with Gasteiger partial charge in [-0.1, -0.05) is 41.0 Å². The Bertz CT molecular complexity index is 718. The standard InChI is InChI=1S/C25H47N5O5/c1-10-16(4)22(29(7)25(33)21(15(2)3)28-27-6)19(34-8)14-20(31)30-13-11-12-18(30)23(35-9)17(5)24(26)32/h15-19,21-23,28H,6,10-14H2,1-5,7-9H3,(H2,26,32). The fourth-order valence-electron chi connectivity index (χ4n) is 5.13. The molecule has 1 aliphatic heterocycles. The van der Waals surface area contributed by atoms with E-state index in [9.17, 15) is 14.4 Å². The Balaban J connectivity index is 3.16. The lowest BCUT2D eigenvalue weighted by molar-refractivity contribution is -0.146. The van der Waals surface area contributed by atoms with Crippen molar-refractivity contribution in [3.8, 4) is 0 Å². The molecule has 0 aromatic rings. The van der Waals surface area contributed by atoms with Gasteiger partial charge in [-0.2, -0.15) is 5.10 Å². The minimum absolute atomic E-state index is 0.000704. The number of hydrogen-bond acceptors (Lipinski definition) is 7. The van der Waals surface area contributed by atoms with Crippen LogP contribution in [0.15, 0.2) is 5.10 Å². The molecule has 7 atom stereocenters. The lowest BCUT2D eigenvalue weighted by atomic mass is 9.89. The summed E-state index contributed by atoms with van der Waals surface area (Å²) in [6, 6.07) is -1.08. The smallest absolute Gasteiger partial charge is 0.247 e. The summed E-state index contributed by atoms with van der Waals surface area (Å²) >= 11 is 0. The molecule has 3 amide bonds. The lowest BCUT2D eigenvalue weighted by Gasteiger charge is -2.40. The van der Waals surface area contributed by atoms with Gasteiger partial charge in [0.25, 0.3) is 0 Å². The van der Waals surface area contributed by atoms with E-state index in [2.05, 4.69) is 31.1 Å². The second kappa shape index (κ2) is 14.4. The molecule has 35 heavy (non-hydrogen) atoms. The van der Waals surface area contributed by atoms with Crippen LogP contribution in [0.4, 0.5) is 0 Å². The number of carbonyl (C=O) groups excluding carboxylic acids is 3. The van der Waals surface area contributed by atoms with Crippen molar-refractivity contribution in [1.29, 1.82) is 0 Å². The highest BCUT2D eigenvalue weighted by atomic mass is 16.5. The predicted molar refractivity (Wildman–Crippen MR) is 137 cm³/mol. The molecule has 0 aliphatic carbocycles. The molecule has 10 heteroatoms. The molecule has 3 N–H and O–H groups in total. The first-order valence-corrected chi connectivity index (χ1v) is 12.6. The van der Waals surface area contributed by atoms with Crippen molar-refractivity contribution in [3.05, 3.63) is 0 Å². The number of primary amides is 1. The first kappa shape index (κ1) is 30.8. The molecule has 0 radical (unpaired) electrons. The van der Waals surface area contributed by atoms with Gasteiger partial charge < -0.3 is 25.0 Å². The minimum atomic E-state index is -0.530. The van der Waals surface area contributed by atoms with Crippen molar-refractivity contribution < 1.29 is 23.9 Å². The molecule has 1 aliphatic rings. The summed E-state index contributed by atoms with van der Waals surface area (Å²) in [5, 5.41) is 3.73. The maximum Gasteiger partial charge on any atom is 0.247 e. The third kappa shape index (κ3) is 7.64. The SMILES string of the molecule is C=NNC(C(=O)N(C)C(C(C)CC)C(CC(=O)N1CCCC1C(OC)C(C)C(N)=O)OC)C(C)C. The van der Waals surface area contributed by atoms with Gasteiger partial charge >= 0.3 is 0 Å². The van der Waals surface area contributed by atoms with E-state index < -0.39 is 30.1 Å². The Morgan fingerprint density at radius 2 is 1.83 bits per heavy atom. The van der Waals surface area contributed by atoms with E-state index in [-0.39, 0.29) is 42.2 Å². The maximum absolute atomic E-state index is 13.5. The zero-order valence-electron chi connectivity index (χ0n) is 22.8. The monoisotopic (exact) mass is 497 g/mol. The highest BCUT2D eigenvalue weighted by Gasteiger charge is 2.42. The van der Waals surface area contributed by atoms with E-state index >= 15 is 0 Å². The van der Waals surface area contributed by atoms with Crippen LogP contribution >= 0.6 is 0 Å². The molecule has 0 bridgehead atoms. The van der Waals surface area contributed by atoms with Crippen molar-refractivity contribution >= 4 is 24.4 Å². The Kier molecular flexibility index (Phi) is 12.7. The van der Waals surface area contributed by atoms with Crippen LogP contribution in [-0.4, -0.2) is 92.4 Å². The molecular formula is C25H47N5O5. The molecule has 1 rings (SSSR count). The molecule has 1 fully saturated rings. The molecule has 1 heterocycles. The number of rotatable bonds is 15. The highest BCUT2D eigenvalue weighted by Crippen LogP contribution is 2.29. The van der Waals surface area contributed by atoms with Gasteiger partial charge in [0, 0.05) is 34.5 Å². The summed E-state index contributed by atoms with van der Waals surface area (Å²) in [5.41, 5.74) is 8.34. The number of nitrogens with zero attached hydrogens (tertiary/aromatic N) is 3. The quantitative estimate of drug-likeness (QED) is 0.262. The van der Waals surface area contributed by atoms with Gasteiger partial charge in [-0.05, 0) is 24.7 Å². The Morgan fingerprint density at radius 3 is 2.29 bits per heavy atom. The summed E-state index contributed by atoms with van der Waals surface area (Å²) in [6.45, 7) is 13.8. The van der Waals surface area contributed by atoms with Gasteiger partial charge in [-0.25, -0.2) is 0 Å². The fourth-order valence-corrected chi connectivity index (χ4v) is 5.13. The van der Waals surface area contributed by atoms with Gasteiger partial charge in [0.1, 0.15) is 6.04 Å². The van der Waals surface area contributed by atoms with Crippen LogP contribution in [0.2, 0.25) is 0 Å². The first-order chi connectivity index (χ1) is 16.5. The summed E-state index contributed by atoms with van der Waals surface area (Å²) in [5.74, 6) is -1.10. The first-order valence-electron chi connectivity index (χ1n) is 12.6. The van der Waals surface area contributed by atoms with Gasteiger partial charge in [-0.15, -0.1) is 0 Å². The maximum atomic E-state index is 13.5. The zero-order chi connectivity index (χ0) is 26.9. The van der Waals surface area contributed by atoms with Gasteiger partial charge in [0.15, 0.2) is 0 Å². The third-order valence-electron chi connectivity index (χ3n) is 7.46. The third-order valence-corrected chi connectivity index (χ3v) is 7.46. The molecule has 0 spiro atoms. The van der Waals surface area contributed by atoms with Crippen molar-refractivity contribution in [3.63, 3.8) is 0 Å². The highest BCUT2D eigenvalue weighted by molar-refractivity contribution is 5.83. The van der Waals surface area contributed by atoms with Crippen LogP contribution in [0.3, 0.4) is 0 Å². The van der Waals surface area contributed by atoms with E-state index in [1.165, 1.54) is 0 Å². The summed E-state index contributed by atoms with van der Waals surface area (Å²) in [4.78, 5) is 42.2. The predicted octanol–water partition coefficient (Wildman–Crippen LogP) is 1.62. The number of likely N-dealkylation sites (N-methyl/N-ethyl adjacent to an activating group) is 1. The average molecular weight is 498 g/mol.